The van der Waals surface area contributed by atoms with Crippen LogP contribution in [0.5, 0.6) is 0 Å². The van der Waals surface area contributed by atoms with E-state index >= 15 is 0 Å². The van der Waals surface area contributed by atoms with Crippen molar-refractivity contribution in [1.29, 1.82) is 0 Å². The molecule has 0 aliphatic carbocycles. The minimum atomic E-state index is -0.783. The highest BCUT2D eigenvalue weighted by Crippen LogP contribution is 1.93. The van der Waals surface area contributed by atoms with Crippen molar-refractivity contribution < 1.29 is 14.6 Å². The number of rotatable bonds is 6. The Morgan fingerprint density at radius 2 is 2.36 bits per heavy atom. The summed E-state index contributed by atoms with van der Waals surface area (Å²) in [5.74, 6) is -0.783. The van der Waals surface area contributed by atoms with Crippen molar-refractivity contribution in [3.05, 3.63) is 0 Å². The minimum absolute atomic E-state index is 0.0313. The Bertz CT molecular complexity index is 116. The van der Waals surface area contributed by atoms with Gasteiger partial charge in [0.2, 0.25) is 0 Å². The van der Waals surface area contributed by atoms with Gasteiger partial charge < -0.3 is 15.6 Å². The molecule has 0 aromatic carbocycles. The van der Waals surface area contributed by atoms with Gasteiger partial charge in [-0.3, -0.25) is 4.79 Å². The van der Waals surface area contributed by atoms with Crippen LogP contribution in [0.3, 0.4) is 0 Å². The zero-order valence-electron chi connectivity index (χ0n) is 6.75. The van der Waals surface area contributed by atoms with E-state index in [4.69, 9.17) is 15.6 Å². The molecular formula is C7H15NO3. The van der Waals surface area contributed by atoms with Gasteiger partial charge in [-0.1, -0.05) is 0 Å². The Hall–Kier alpha value is -0.610. The van der Waals surface area contributed by atoms with E-state index in [1.54, 1.807) is 0 Å². The highest BCUT2D eigenvalue weighted by molar-refractivity contribution is 5.66. The Kier molecular flexibility index (Phi) is 5.78. The first-order chi connectivity index (χ1) is 5.16. The standard InChI is InChI=1S/C7H15NO3/c1-6(5-8)11-4-2-3-7(9)10/h6H,2-5,8H2,1H3,(H,9,10). The van der Waals surface area contributed by atoms with Gasteiger partial charge in [-0.15, -0.1) is 0 Å². The van der Waals surface area contributed by atoms with E-state index in [-0.39, 0.29) is 12.5 Å². The third kappa shape index (κ3) is 7.29. The van der Waals surface area contributed by atoms with Crippen LogP contribution in [0.15, 0.2) is 0 Å². The fourth-order valence-corrected chi connectivity index (χ4v) is 0.576. The van der Waals surface area contributed by atoms with Gasteiger partial charge in [0.25, 0.3) is 0 Å². The predicted octanol–water partition coefficient (Wildman–Crippen LogP) is 0.215. The van der Waals surface area contributed by atoms with Gasteiger partial charge in [-0.2, -0.15) is 0 Å². The largest absolute Gasteiger partial charge is 0.481 e. The summed E-state index contributed by atoms with van der Waals surface area (Å²) in [4.78, 5) is 10.0. The Balaban J connectivity index is 3.08. The second-order valence-electron chi connectivity index (χ2n) is 2.41. The first kappa shape index (κ1) is 10.4. The van der Waals surface area contributed by atoms with Crippen LogP contribution in [0.2, 0.25) is 0 Å². The maximum absolute atomic E-state index is 10.0. The molecule has 0 aromatic rings. The quantitative estimate of drug-likeness (QED) is 0.546. The lowest BCUT2D eigenvalue weighted by atomic mass is 10.3. The average Bonchev–Trinajstić information content (AvgIpc) is 1.97. The number of ether oxygens (including phenoxy) is 1. The molecule has 0 fully saturated rings. The Labute approximate surface area is 66.3 Å². The van der Waals surface area contributed by atoms with Crippen molar-refractivity contribution in [2.45, 2.75) is 25.9 Å². The molecule has 3 N–H and O–H groups in total. The third-order valence-corrected chi connectivity index (χ3v) is 1.27. The SMILES string of the molecule is CC(CN)OCCCC(=O)O. The fraction of sp³-hybridized carbons (Fsp3) is 0.857. The Morgan fingerprint density at radius 3 is 2.82 bits per heavy atom. The van der Waals surface area contributed by atoms with Crippen molar-refractivity contribution >= 4 is 5.97 Å². The summed E-state index contributed by atoms with van der Waals surface area (Å²) in [5, 5.41) is 8.26. The number of carboxylic acids is 1. The number of aliphatic carboxylic acids is 1. The van der Waals surface area contributed by atoms with Crippen LogP contribution < -0.4 is 5.73 Å². The molecule has 0 aromatic heterocycles. The summed E-state index contributed by atoms with van der Waals surface area (Å²) < 4.78 is 5.15. The lowest BCUT2D eigenvalue weighted by Crippen LogP contribution is -2.20. The number of carboxylic acid groups (broad SMARTS) is 1. The van der Waals surface area contributed by atoms with E-state index in [9.17, 15) is 4.79 Å². The molecule has 0 spiro atoms. The Morgan fingerprint density at radius 1 is 1.73 bits per heavy atom. The first-order valence-corrected chi connectivity index (χ1v) is 3.70. The highest BCUT2D eigenvalue weighted by atomic mass is 16.5. The lowest BCUT2D eigenvalue weighted by molar-refractivity contribution is -0.137. The molecule has 0 aliphatic heterocycles. The lowest BCUT2D eigenvalue weighted by Gasteiger charge is -2.08. The summed E-state index contributed by atoms with van der Waals surface area (Å²) in [6.07, 6.45) is 0.751. The van der Waals surface area contributed by atoms with Gasteiger partial charge >= 0.3 is 5.97 Å². The topological polar surface area (TPSA) is 72.5 Å². The molecular weight excluding hydrogens is 146 g/mol. The summed E-state index contributed by atoms with van der Waals surface area (Å²) in [5.41, 5.74) is 5.27. The smallest absolute Gasteiger partial charge is 0.303 e. The van der Waals surface area contributed by atoms with Crippen molar-refractivity contribution in [1.82, 2.24) is 0 Å². The van der Waals surface area contributed by atoms with E-state index in [2.05, 4.69) is 0 Å². The van der Waals surface area contributed by atoms with E-state index in [0.717, 1.165) is 0 Å². The van der Waals surface area contributed by atoms with Crippen LogP contribution in [0.25, 0.3) is 0 Å². The average molecular weight is 161 g/mol. The molecule has 0 heterocycles. The molecule has 66 valence electrons. The molecule has 0 aliphatic rings. The van der Waals surface area contributed by atoms with Gasteiger partial charge in [-0.05, 0) is 13.3 Å². The number of hydrogen-bond donors (Lipinski definition) is 2. The number of hydrogen-bond acceptors (Lipinski definition) is 3. The summed E-state index contributed by atoms with van der Waals surface area (Å²) in [6, 6.07) is 0. The van der Waals surface area contributed by atoms with Gasteiger partial charge in [-0.25, -0.2) is 0 Å². The second kappa shape index (κ2) is 6.12. The minimum Gasteiger partial charge on any atom is -0.481 e. The first-order valence-electron chi connectivity index (χ1n) is 3.70. The monoisotopic (exact) mass is 161 g/mol. The molecule has 0 radical (unpaired) electrons. The summed E-state index contributed by atoms with van der Waals surface area (Å²) >= 11 is 0. The van der Waals surface area contributed by atoms with Crippen molar-refractivity contribution in [3.63, 3.8) is 0 Å². The number of nitrogens with two attached hydrogens (primary N) is 1. The normalized spacial score (nSPS) is 12.9. The van der Waals surface area contributed by atoms with Crippen LogP contribution in [-0.2, 0) is 9.53 Å². The van der Waals surface area contributed by atoms with Crippen LogP contribution in [0.4, 0.5) is 0 Å². The van der Waals surface area contributed by atoms with Gasteiger partial charge in [0.05, 0.1) is 6.10 Å². The van der Waals surface area contributed by atoms with E-state index < -0.39 is 5.97 Å². The number of carbonyl (C=O) groups is 1. The molecule has 0 saturated heterocycles. The predicted molar refractivity (Wildman–Crippen MR) is 41.3 cm³/mol. The van der Waals surface area contributed by atoms with E-state index in [1.165, 1.54) is 0 Å². The van der Waals surface area contributed by atoms with Gasteiger partial charge in [0, 0.05) is 19.6 Å². The maximum Gasteiger partial charge on any atom is 0.303 e. The van der Waals surface area contributed by atoms with Crippen molar-refractivity contribution in [3.8, 4) is 0 Å². The van der Waals surface area contributed by atoms with Gasteiger partial charge in [0.1, 0.15) is 0 Å². The van der Waals surface area contributed by atoms with Crippen LogP contribution in [0.1, 0.15) is 19.8 Å². The summed E-state index contributed by atoms with van der Waals surface area (Å²) in [7, 11) is 0. The molecule has 4 nitrogen and oxygen atoms in total. The zero-order chi connectivity index (χ0) is 8.69. The molecule has 0 saturated carbocycles. The molecule has 1 unspecified atom stereocenters. The molecule has 0 rings (SSSR count). The van der Waals surface area contributed by atoms with E-state index in [0.29, 0.717) is 19.6 Å². The second-order valence-corrected chi connectivity index (χ2v) is 2.41. The third-order valence-electron chi connectivity index (χ3n) is 1.27. The molecule has 0 bridgehead atoms. The van der Waals surface area contributed by atoms with Crippen LogP contribution in [-0.4, -0.2) is 30.3 Å². The van der Waals surface area contributed by atoms with Gasteiger partial charge in [0.15, 0.2) is 0 Å². The van der Waals surface area contributed by atoms with E-state index in [1.807, 2.05) is 6.92 Å². The molecule has 1 atom stereocenters. The van der Waals surface area contributed by atoms with Crippen molar-refractivity contribution in [2.75, 3.05) is 13.2 Å². The van der Waals surface area contributed by atoms with Crippen LogP contribution >= 0.6 is 0 Å². The zero-order valence-corrected chi connectivity index (χ0v) is 6.75. The maximum atomic E-state index is 10.0. The molecule has 4 heteroatoms. The molecule has 0 amide bonds. The molecule has 11 heavy (non-hydrogen) atoms. The summed E-state index contributed by atoms with van der Waals surface area (Å²) in [6.45, 7) is 2.82. The van der Waals surface area contributed by atoms with Crippen molar-refractivity contribution in [2.24, 2.45) is 5.73 Å². The van der Waals surface area contributed by atoms with Crippen LogP contribution in [0, 0.1) is 0 Å². The highest BCUT2D eigenvalue weighted by Gasteiger charge is 1.99. The fourth-order valence-electron chi connectivity index (χ4n) is 0.576.